The molecular formula is C18H15FO3S. The fourth-order valence-corrected chi connectivity index (χ4v) is 4.16. The second-order valence-corrected chi connectivity index (χ2v) is 7.32. The predicted octanol–water partition coefficient (Wildman–Crippen LogP) is 4.18. The van der Waals surface area contributed by atoms with Crippen molar-refractivity contribution in [2.75, 3.05) is 0 Å². The summed E-state index contributed by atoms with van der Waals surface area (Å²) in [6, 6.07) is 17.4. The van der Waals surface area contributed by atoms with E-state index in [1.165, 1.54) is 18.4 Å². The number of hydrogen-bond acceptors (Lipinski definition) is 3. The first-order valence-corrected chi connectivity index (χ1v) is 8.69. The van der Waals surface area contributed by atoms with Crippen LogP contribution >= 0.6 is 0 Å². The number of rotatable bonds is 5. The van der Waals surface area contributed by atoms with E-state index in [-0.39, 0.29) is 17.1 Å². The maximum absolute atomic E-state index is 13.1. The number of sulfone groups is 1. The lowest BCUT2D eigenvalue weighted by molar-refractivity contribution is 0.489. The summed E-state index contributed by atoms with van der Waals surface area (Å²) in [7, 11) is -3.62. The number of hydrogen-bond donors (Lipinski definition) is 0. The highest BCUT2D eigenvalue weighted by atomic mass is 32.2. The third-order valence-corrected chi connectivity index (χ3v) is 5.72. The van der Waals surface area contributed by atoms with Crippen molar-refractivity contribution in [2.24, 2.45) is 0 Å². The van der Waals surface area contributed by atoms with Gasteiger partial charge in [-0.05, 0) is 48.4 Å². The first-order chi connectivity index (χ1) is 11.1. The van der Waals surface area contributed by atoms with Gasteiger partial charge in [0.15, 0.2) is 9.84 Å². The molecule has 23 heavy (non-hydrogen) atoms. The summed E-state index contributed by atoms with van der Waals surface area (Å²) < 4.78 is 44.3. The maximum Gasteiger partial charge on any atom is 0.188 e. The van der Waals surface area contributed by atoms with E-state index in [4.69, 9.17) is 4.42 Å². The summed E-state index contributed by atoms with van der Waals surface area (Å²) >= 11 is 0. The van der Waals surface area contributed by atoms with Crippen LogP contribution in [0.15, 0.2) is 82.3 Å². The van der Waals surface area contributed by atoms with Crippen molar-refractivity contribution in [1.82, 2.24) is 0 Å². The molecule has 1 unspecified atom stereocenters. The van der Waals surface area contributed by atoms with Gasteiger partial charge in [-0.25, -0.2) is 12.8 Å². The smallest absolute Gasteiger partial charge is 0.188 e. The van der Waals surface area contributed by atoms with E-state index < -0.39 is 15.1 Å². The van der Waals surface area contributed by atoms with E-state index in [2.05, 4.69) is 0 Å². The Hall–Kier alpha value is -2.40. The van der Waals surface area contributed by atoms with Crippen LogP contribution < -0.4 is 0 Å². The van der Waals surface area contributed by atoms with E-state index in [0.29, 0.717) is 5.76 Å². The molecule has 0 amide bonds. The van der Waals surface area contributed by atoms with E-state index in [0.717, 1.165) is 5.56 Å². The molecule has 0 bridgehead atoms. The van der Waals surface area contributed by atoms with Gasteiger partial charge in [0.25, 0.3) is 0 Å². The van der Waals surface area contributed by atoms with E-state index in [1.807, 2.05) is 0 Å². The molecule has 3 aromatic rings. The quantitative estimate of drug-likeness (QED) is 0.705. The van der Waals surface area contributed by atoms with Gasteiger partial charge in [0, 0.05) is 0 Å². The molecule has 0 aliphatic rings. The van der Waals surface area contributed by atoms with Crippen LogP contribution in [0.1, 0.15) is 16.6 Å². The molecule has 118 valence electrons. The normalized spacial score (nSPS) is 12.9. The van der Waals surface area contributed by atoms with Crippen LogP contribution in [0, 0.1) is 5.82 Å². The minimum Gasteiger partial charge on any atom is -0.468 e. The molecule has 1 heterocycles. The lowest BCUT2D eigenvalue weighted by atomic mass is 10.1. The van der Waals surface area contributed by atoms with Gasteiger partial charge in [0.1, 0.15) is 16.8 Å². The average Bonchev–Trinajstić information content (AvgIpc) is 3.09. The summed E-state index contributed by atoms with van der Waals surface area (Å²) in [6.07, 6.45) is 1.67. The van der Waals surface area contributed by atoms with Gasteiger partial charge in [-0.2, -0.15) is 0 Å². The number of furan rings is 1. The van der Waals surface area contributed by atoms with Crippen LogP contribution in [0.25, 0.3) is 0 Å². The molecule has 0 aliphatic heterocycles. The van der Waals surface area contributed by atoms with E-state index in [9.17, 15) is 12.8 Å². The van der Waals surface area contributed by atoms with Crippen LogP contribution in [0.3, 0.4) is 0 Å². The summed E-state index contributed by atoms with van der Waals surface area (Å²) in [4.78, 5) is 0.239. The van der Waals surface area contributed by atoms with Crippen LogP contribution in [-0.4, -0.2) is 8.42 Å². The zero-order valence-corrected chi connectivity index (χ0v) is 13.0. The summed E-state index contributed by atoms with van der Waals surface area (Å²) in [6.45, 7) is 0. The van der Waals surface area contributed by atoms with Crippen molar-refractivity contribution < 1.29 is 17.2 Å². The van der Waals surface area contributed by atoms with Crippen molar-refractivity contribution in [3.05, 3.63) is 90.1 Å². The van der Waals surface area contributed by atoms with Gasteiger partial charge >= 0.3 is 0 Å². The van der Waals surface area contributed by atoms with Crippen LogP contribution in [-0.2, 0) is 16.3 Å². The zero-order chi connectivity index (χ0) is 16.3. The van der Waals surface area contributed by atoms with Gasteiger partial charge in [0.2, 0.25) is 0 Å². The number of halogens is 1. The Balaban J connectivity index is 2.01. The van der Waals surface area contributed by atoms with Gasteiger partial charge in [-0.1, -0.05) is 30.3 Å². The molecule has 0 saturated carbocycles. The lowest BCUT2D eigenvalue weighted by Crippen LogP contribution is -2.16. The Labute approximate surface area is 134 Å². The molecule has 2 aromatic carbocycles. The van der Waals surface area contributed by atoms with Crippen LogP contribution in [0.5, 0.6) is 0 Å². The SMILES string of the molecule is O=S(=O)(c1ccccc1)C(Cc1ccc(F)cc1)c1ccco1. The highest BCUT2D eigenvalue weighted by Gasteiger charge is 2.31. The molecule has 0 N–H and O–H groups in total. The van der Waals surface area contributed by atoms with Gasteiger partial charge in [0.05, 0.1) is 11.2 Å². The number of benzene rings is 2. The fraction of sp³-hybridized carbons (Fsp3) is 0.111. The van der Waals surface area contributed by atoms with Crippen molar-refractivity contribution in [3.63, 3.8) is 0 Å². The lowest BCUT2D eigenvalue weighted by Gasteiger charge is -2.16. The second-order valence-electron chi connectivity index (χ2n) is 5.19. The molecule has 0 fully saturated rings. The minimum atomic E-state index is -3.62. The zero-order valence-electron chi connectivity index (χ0n) is 12.2. The van der Waals surface area contributed by atoms with Crippen molar-refractivity contribution in [2.45, 2.75) is 16.6 Å². The Morgan fingerprint density at radius 1 is 0.913 bits per heavy atom. The molecule has 0 saturated heterocycles. The predicted molar refractivity (Wildman–Crippen MR) is 85.2 cm³/mol. The summed E-state index contributed by atoms with van der Waals surface area (Å²) in [5.74, 6) is 0.0207. The highest BCUT2D eigenvalue weighted by molar-refractivity contribution is 7.91. The Morgan fingerprint density at radius 2 is 1.61 bits per heavy atom. The molecule has 3 nitrogen and oxygen atoms in total. The Morgan fingerprint density at radius 3 is 2.22 bits per heavy atom. The molecule has 5 heteroatoms. The second kappa shape index (κ2) is 6.38. The molecular weight excluding hydrogens is 315 g/mol. The molecule has 1 atom stereocenters. The topological polar surface area (TPSA) is 47.3 Å². The molecule has 0 spiro atoms. The first-order valence-electron chi connectivity index (χ1n) is 7.14. The molecule has 0 radical (unpaired) electrons. The highest BCUT2D eigenvalue weighted by Crippen LogP contribution is 2.32. The molecule has 3 rings (SSSR count). The molecule has 0 aliphatic carbocycles. The largest absolute Gasteiger partial charge is 0.468 e. The van der Waals surface area contributed by atoms with Crippen molar-refractivity contribution in [3.8, 4) is 0 Å². The fourth-order valence-electron chi connectivity index (χ4n) is 2.45. The van der Waals surface area contributed by atoms with E-state index >= 15 is 0 Å². The average molecular weight is 330 g/mol. The van der Waals surface area contributed by atoms with Gasteiger partial charge in [-0.15, -0.1) is 0 Å². The van der Waals surface area contributed by atoms with Crippen LogP contribution in [0.4, 0.5) is 4.39 Å². The third kappa shape index (κ3) is 3.35. The summed E-state index contributed by atoms with van der Waals surface area (Å²) in [5, 5.41) is -0.856. The standard InChI is InChI=1S/C18H15FO3S/c19-15-10-8-14(9-11-15)13-18(17-7-4-12-22-17)23(20,21)16-5-2-1-3-6-16/h1-12,18H,13H2. The monoisotopic (exact) mass is 330 g/mol. The van der Waals surface area contributed by atoms with Crippen molar-refractivity contribution >= 4 is 9.84 Å². The van der Waals surface area contributed by atoms with Crippen LogP contribution in [0.2, 0.25) is 0 Å². The minimum absolute atomic E-state index is 0.213. The molecule has 1 aromatic heterocycles. The van der Waals surface area contributed by atoms with Crippen molar-refractivity contribution in [1.29, 1.82) is 0 Å². The third-order valence-electron chi connectivity index (χ3n) is 3.64. The first kappa shape index (κ1) is 15.5. The van der Waals surface area contributed by atoms with E-state index in [1.54, 1.807) is 54.6 Å². The maximum atomic E-state index is 13.1. The van der Waals surface area contributed by atoms with Gasteiger partial charge < -0.3 is 4.42 Å². The Bertz CT molecular complexity index is 854. The Kier molecular flexibility index (Phi) is 4.30. The van der Waals surface area contributed by atoms with Gasteiger partial charge in [-0.3, -0.25) is 0 Å². The summed E-state index contributed by atoms with van der Waals surface area (Å²) in [5.41, 5.74) is 0.729.